The van der Waals surface area contributed by atoms with Gasteiger partial charge in [0.25, 0.3) is 0 Å². The minimum atomic E-state index is -1.22. The maximum Gasteiger partial charge on any atom is 0.336 e. The number of methoxy groups -OCH3 is 1. The Morgan fingerprint density at radius 3 is 2.73 bits per heavy atom. The van der Waals surface area contributed by atoms with E-state index < -0.39 is 12.1 Å². The lowest BCUT2D eigenvalue weighted by molar-refractivity contribution is -0.154. The second kappa shape index (κ2) is 6.09. The van der Waals surface area contributed by atoms with Crippen molar-refractivity contribution in [1.82, 2.24) is 0 Å². The molecule has 0 aromatic heterocycles. The summed E-state index contributed by atoms with van der Waals surface area (Å²) >= 11 is 0. The maximum atomic E-state index is 10.6. The summed E-state index contributed by atoms with van der Waals surface area (Å²) in [7, 11) is 1.49. The average molecular weight is 163 g/mol. The Balaban J connectivity index is 3.36. The number of rotatable bonds is 5. The lowest BCUT2D eigenvalue weighted by atomic mass is 10.4. The number of hydrogen-bond donors (Lipinski definition) is 2. The van der Waals surface area contributed by atoms with E-state index in [9.17, 15) is 4.79 Å². The molecule has 0 fully saturated rings. The molecule has 0 spiro atoms. The molecule has 5 nitrogen and oxygen atoms in total. The average Bonchev–Trinajstić information content (AvgIpc) is 2.03. The van der Waals surface area contributed by atoms with Crippen LogP contribution in [0.15, 0.2) is 0 Å². The standard InChI is InChI=1S/C6H13NO4/c1-10-2-3-11-6(9)5(8)4-7/h5,8H,2-4,7H2,1H3/t5-/m0/s1. The molecule has 0 aliphatic heterocycles. The highest BCUT2D eigenvalue weighted by molar-refractivity contribution is 5.74. The van der Waals surface area contributed by atoms with Crippen molar-refractivity contribution in [3.8, 4) is 0 Å². The molecule has 0 saturated carbocycles. The summed E-state index contributed by atoms with van der Waals surface area (Å²) in [6.07, 6.45) is -1.22. The van der Waals surface area contributed by atoms with Crippen LogP contribution in [0.4, 0.5) is 0 Å². The van der Waals surface area contributed by atoms with E-state index in [4.69, 9.17) is 10.8 Å². The SMILES string of the molecule is COCCOC(=O)[C@@H](O)CN. The molecule has 0 aliphatic rings. The molecule has 5 heteroatoms. The molecule has 0 aromatic rings. The predicted molar refractivity (Wildman–Crippen MR) is 37.9 cm³/mol. The van der Waals surface area contributed by atoms with Crippen molar-refractivity contribution in [3.63, 3.8) is 0 Å². The second-order valence-corrected chi connectivity index (χ2v) is 1.91. The van der Waals surface area contributed by atoms with Crippen molar-refractivity contribution in [1.29, 1.82) is 0 Å². The van der Waals surface area contributed by atoms with Gasteiger partial charge >= 0.3 is 5.97 Å². The molecule has 0 saturated heterocycles. The van der Waals surface area contributed by atoms with Crippen molar-refractivity contribution in [2.24, 2.45) is 5.73 Å². The smallest absolute Gasteiger partial charge is 0.336 e. The van der Waals surface area contributed by atoms with Crippen LogP contribution in [0, 0.1) is 0 Å². The highest BCUT2D eigenvalue weighted by atomic mass is 16.6. The van der Waals surface area contributed by atoms with E-state index in [-0.39, 0.29) is 13.2 Å². The van der Waals surface area contributed by atoms with Crippen LogP contribution in [0.3, 0.4) is 0 Å². The largest absolute Gasteiger partial charge is 0.461 e. The Kier molecular flexibility index (Phi) is 5.73. The van der Waals surface area contributed by atoms with E-state index in [1.807, 2.05) is 0 Å². The summed E-state index contributed by atoms with van der Waals surface area (Å²) < 4.78 is 9.16. The Morgan fingerprint density at radius 2 is 2.27 bits per heavy atom. The highest BCUT2D eigenvalue weighted by Crippen LogP contribution is 1.85. The molecule has 1 atom stereocenters. The van der Waals surface area contributed by atoms with Crippen molar-refractivity contribution in [2.45, 2.75) is 6.10 Å². The normalized spacial score (nSPS) is 12.6. The predicted octanol–water partition coefficient (Wildman–Crippen LogP) is -1.50. The maximum absolute atomic E-state index is 10.6. The van der Waals surface area contributed by atoms with E-state index in [2.05, 4.69) is 9.47 Å². The van der Waals surface area contributed by atoms with E-state index in [0.29, 0.717) is 6.61 Å². The molecule has 0 unspecified atom stereocenters. The van der Waals surface area contributed by atoms with Crippen LogP contribution < -0.4 is 5.73 Å². The van der Waals surface area contributed by atoms with Gasteiger partial charge in [0.05, 0.1) is 6.61 Å². The third-order valence-electron chi connectivity index (χ3n) is 1.03. The van der Waals surface area contributed by atoms with Gasteiger partial charge in [-0.1, -0.05) is 0 Å². The number of ether oxygens (including phenoxy) is 2. The topological polar surface area (TPSA) is 81.8 Å². The van der Waals surface area contributed by atoms with Crippen LogP contribution in [-0.2, 0) is 14.3 Å². The number of aliphatic hydroxyl groups excluding tert-OH is 1. The molecule has 0 bridgehead atoms. The van der Waals surface area contributed by atoms with Gasteiger partial charge in [-0.15, -0.1) is 0 Å². The Labute approximate surface area is 65.1 Å². The lowest BCUT2D eigenvalue weighted by Crippen LogP contribution is -2.31. The van der Waals surface area contributed by atoms with Crippen LogP contribution in [0.5, 0.6) is 0 Å². The van der Waals surface area contributed by atoms with E-state index in [1.54, 1.807) is 0 Å². The second-order valence-electron chi connectivity index (χ2n) is 1.91. The lowest BCUT2D eigenvalue weighted by Gasteiger charge is -2.07. The van der Waals surface area contributed by atoms with Gasteiger partial charge in [0.15, 0.2) is 6.10 Å². The number of hydrogen-bond acceptors (Lipinski definition) is 5. The van der Waals surface area contributed by atoms with Crippen molar-refractivity contribution < 1.29 is 19.4 Å². The molecule has 3 N–H and O–H groups in total. The van der Waals surface area contributed by atoms with Crippen LogP contribution in [-0.4, -0.2) is 44.0 Å². The fourth-order valence-electron chi connectivity index (χ4n) is 0.418. The molecule has 0 aliphatic carbocycles. The van der Waals surface area contributed by atoms with Crippen molar-refractivity contribution >= 4 is 5.97 Å². The monoisotopic (exact) mass is 163 g/mol. The van der Waals surface area contributed by atoms with Crippen molar-refractivity contribution in [3.05, 3.63) is 0 Å². The van der Waals surface area contributed by atoms with Crippen LogP contribution in [0.2, 0.25) is 0 Å². The van der Waals surface area contributed by atoms with Gasteiger partial charge in [0, 0.05) is 13.7 Å². The molecule has 0 aromatic carbocycles. The third-order valence-corrected chi connectivity index (χ3v) is 1.03. The Morgan fingerprint density at radius 1 is 1.64 bits per heavy atom. The third kappa shape index (κ3) is 4.72. The first-order chi connectivity index (χ1) is 5.22. The molecule has 0 amide bonds. The summed E-state index contributed by atoms with van der Waals surface area (Å²) in [6, 6.07) is 0. The van der Waals surface area contributed by atoms with Gasteiger partial charge in [-0.2, -0.15) is 0 Å². The molecular formula is C6H13NO4. The molecule has 11 heavy (non-hydrogen) atoms. The summed E-state index contributed by atoms with van der Waals surface area (Å²) in [4.78, 5) is 10.6. The zero-order valence-electron chi connectivity index (χ0n) is 6.45. The number of aliphatic hydroxyl groups is 1. The van der Waals surface area contributed by atoms with Gasteiger partial charge in [-0.3, -0.25) is 0 Å². The Bertz CT molecular complexity index is 117. The van der Waals surface area contributed by atoms with Gasteiger partial charge in [0.2, 0.25) is 0 Å². The van der Waals surface area contributed by atoms with Crippen LogP contribution in [0.1, 0.15) is 0 Å². The number of nitrogens with two attached hydrogens (primary N) is 1. The molecule has 0 heterocycles. The summed E-state index contributed by atoms with van der Waals surface area (Å²) in [6.45, 7) is 0.348. The summed E-state index contributed by atoms with van der Waals surface area (Å²) in [5.41, 5.74) is 5.00. The quantitative estimate of drug-likeness (QED) is 0.380. The van der Waals surface area contributed by atoms with E-state index in [1.165, 1.54) is 7.11 Å². The zero-order chi connectivity index (χ0) is 8.69. The first kappa shape index (κ1) is 10.3. The van der Waals surface area contributed by atoms with Gasteiger partial charge in [-0.05, 0) is 0 Å². The molecular weight excluding hydrogens is 150 g/mol. The minimum absolute atomic E-state index is 0.119. The number of carbonyl (C=O) groups excluding carboxylic acids is 1. The van der Waals surface area contributed by atoms with Gasteiger partial charge in [-0.25, -0.2) is 4.79 Å². The first-order valence-corrected chi connectivity index (χ1v) is 3.26. The zero-order valence-corrected chi connectivity index (χ0v) is 6.45. The molecule has 0 radical (unpaired) electrons. The minimum Gasteiger partial charge on any atom is -0.461 e. The van der Waals surface area contributed by atoms with E-state index in [0.717, 1.165) is 0 Å². The van der Waals surface area contributed by atoms with Crippen LogP contribution in [0.25, 0.3) is 0 Å². The van der Waals surface area contributed by atoms with Crippen molar-refractivity contribution in [2.75, 3.05) is 26.9 Å². The van der Waals surface area contributed by atoms with Gasteiger partial charge in [0.1, 0.15) is 6.61 Å². The highest BCUT2D eigenvalue weighted by Gasteiger charge is 2.13. The Hall–Kier alpha value is -0.650. The molecule has 0 rings (SSSR count). The summed E-state index contributed by atoms with van der Waals surface area (Å²) in [5, 5.41) is 8.79. The fourth-order valence-corrected chi connectivity index (χ4v) is 0.418. The van der Waals surface area contributed by atoms with Crippen LogP contribution >= 0.6 is 0 Å². The van der Waals surface area contributed by atoms with E-state index >= 15 is 0 Å². The number of carbonyl (C=O) groups is 1. The fraction of sp³-hybridized carbons (Fsp3) is 0.833. The summed E-state index contributed by atoms with van der Waals surface area (Å²) in [5.74, 6) is -0.704. The molecule has 66 valence electrons. The first-order valence-electron chi connectivity index (χ1n) is 3.26. The number of esters is 1. The van der Waals surface area contributed by atoms with Gasteiger partial charge < -0.3 is 20.3 Å².